The van der Waals surface area contributed by atoms with Gasteiger partial charge in [0.15, 0.2) is 0 Å². The van der Waals surface area contributed by atoms with Gasteiger partial charge < -0.3 is 15.0 Å². The lowest BCUT2D eigenvalue weighted by Crippen LogP contribution is -2.37. The summed E-state index contributed by atoms with van der Waals surface area (Å²) in [7, 11) is 0. The average molecular weight is 533 g/mol. The smallest absolute Gasteiger partial charge is 0.228 e. The standard InChI is InChI=1S/C34H36N4O2/c1-22-31-28-14-8-9-15-30(28)38(33(31)36-23(2)35-22)20-24-16-18-27(19-17-24)32(26-12-6-7-13-26)34(40)37-29(21-39)25-10-4-3-5-11-25/h3-5,8-11,14-19,26,29,32,39H,6-7,12-13,20-21H2,1-2H3,(H,37,40). The maximum Gasteiger partial charge on any atom is 0.228 e. The summed E-state index contributed by atoms with van der Waals surface area (Å²) in [6.45, 7) is 4.54. The number of hydrogen-bond acceptors (Lipinski definition) is 4. The lowest BCUT2D eigenvalue weighted by atomic mass is 9.83. The molecular formula is C34H36N4O2. The Morgan fingerprint density at radius 2 is 1.62 bits per heavy atom. The molecular weight excluding hydrogens is 496 g/mol. The zero-order valence-electron chi connectivity index (χ0n) is 23.2. The van der Waals surface area contributed by atoms with Gasteiger partial charge in [0.2, 0.25) is 5.91 Å². The Morgan fingerprint density at radius 1 is 0.925 bits per heavy atom. The largest absolute Gasteiger partial charge is 0.394 e. The summed E-state index contributed by atoms with van der Waals surface area (Å²) in [5, 5.41) is 15.5. The minimum atomic E-state index is -0.416. The number of rotatable bonds is 8. The molecule has 6 nitrogen and oxygen atoms in total. The first-order valence-electron chi connectivity index (χ1n) is 14.3. The van der Waals surface area contributed by atoms with Crippen LogP contribution in [0.1, 0.15) is 65.9 Å². The highest BCUT2D eigenvalue weighted by Crippen LogP contribution is 2.38. The van der Waals surface area contributed by atoms with E-state index in [1.807, 2.05) is 37.3 Å². The summed E-state index contributed by atoms with van der Waals surface area (Å²) in [5.41, 5.74) is 6.20. The minimum absolute atomic E-state index is 0.00685. The third-order valence-corrected chi connectivity index (χ3v) is 8.44. The fourth-order valence-corrected chi connectivity index (χ4v) is 6.52. The number of aliphatic hydroxyl groups is 1. The van der Waals surface area contributed by atoms with E-state index in [1.54, 1.807) is 0 Å². The maximum atomic E-state index is 13.7. The number of carbonyl (C=O) groups is 1. The van der Waals surface area contributed by atoms with E-state index in [2.05, 4.69) is 70.3 Å². The number of benzene rings is 3. The van der Waals surface area contributed by atoms with Crippen LogP contribution in [0.2, 0.25) is 0 Å². The van der Waals surface area contributed by atoms with Gasteiger partial charge in [-0.2, -0.15) is 0 Å². The molecule has 1 saturated carbocycles. The van der Waals surface area contributed by atoms with Gasteiger partial charge in [-0.05, 0) is 55.4 Å². The van der Waals surface area contributed by atoms with Crippen molar-refractivity contribution >= 4 is 27.8 Å². The second-order valence-electron chi connectivity index (χ2n) is 11.1. The molecule has 1 aliphatic rings. The molecule has 3 aromatic carbocycles. The molecule has 2 unspecified atom stereocenters. The lowest BCUT2D eigenvalue weighted by Gasteiger charge is -2.26. The zero-order valence-corrected chi connectivity index (χ0v) is 23.2. The average Bonchev–Trinajstić information content (AvgIpc) is 3.60. The van der Waals surface area contributed by atoms with Crippen LogP contribution in [0.3, 0.4) is 0 Å². The highest BCUT2D eigenvalue weighted by molar-refractivity contribution is 6.07. The van der Waals surface area contributed by atoms with Crippen molar-refractivity contribution in [3.63, 3.8) is 0 Å². The van der Waals surface area contributed by atoms with E-state index in [4.69, 9.17) is 4.98 Å². The summed E-state index contributed by atoms with van der Waals surface area (Å²) in [4.78, 5) is 23.2. The van der Waals surface area contributed by atoms with E-state index >= 15 is 0 Å². The number of aromatic nitrogens is 3. The van der Waals surface area contributed by atoms with Crippen LogP contribution in [-0.2, 0) is 11.3 Å². The predicted octanol–water partition coefficient (Wildman–Crippen LogP) is 6.37. The van der Waals surface area contributed by atoms with Crippen LogP contribution in [-0.4, -0.2) is 32.2 Å². The van der Waals surface area contributed by atoms with Crippen molar-refractivity contribution in [2.45, 2.75) is 58.0 Å². The molecule has 6 rings (SSSR count). The van der Waals surface area contributed by atoms with Gasteiger partial charge in [-0.25, -0.2) is 9.97 Å². The summed E-state index contributed by atoms with van der Waals surface area (Å²) < 4.78 is 2.27. The van der Waals surface area contributed by atoms with Crippen molar-refractivity contribution in [3.05, 3.63) is 107 Å². The van der Waals surface area contributed by atoms with Crippen molar-refractivity contribution in [1.29, 1.82) is 0 Å². The fourth-order valence-electron chi connectivity index (χ4n) is 6.52. The number of nitrogens with zero attached hydrogens (tertiary/aromatic N) is 3. The second kappa shape index (κ2) is 11.2. The van der Waals surface area contributed by atoms with Crippen LogP contribution < -0.4 is 5.32 Å². The molecule has 2 aromatic heterocycles. The normalized spacial score (nSPS) is 15.5. The van der Waals surface area contributed by atoms with Crippen LogP contribution in [0.4, 0.5) is 0 Å². The third-order valence-electron chi connectivity index (χ3n) is 8.44. The first kappa shape index (κ1) is 26.2. The quantitative estimate of drug-likeness (QED) is 0.243. The molecule has 2 heterocycles. The molecule has 0 aliphatic heterocycles. The Labute approximate surface area is 235 Å². The van der Waals surface area contributed by atoms with Crippen LogP contribution in [0.25, 0.3) is 21.9 Å². The summed E-state index contributed by atoms with van der Waals surface area (Å²) in [5.74, 6) is 0.834. The van der Waals surface area contributed by atoms with Gasteiger partial charge in [0.05, 0.1) is 29.8 Å². The van der Waals surface area contributed by atoms with Crippen LogP contribution in [0.5, 0.6) is 0 Å². The van der Waals surface area contributed by atoms with E-state index in [9.17, 15) is 9.90 Å². The lowest BCUT2D eigenvalue weighted by molar-refractivity contribution is -0.124. The minimum Gasteiger partial charge on any atom is -0.394 e. The molecule has 0 spiro atoms. The van der Waals surface area contributed by atoms with Gasteiger partial charge >= 0.3 is 0 Å². The molecule has 2 N–H and O–H groups in total. The molecule has 5 aromatic rings. The van der Waals surface area contributed by atoms with Gasteiger partial charge in [0.25, 0.3) is 0 Å². The number of nitrogens with one attached hydrogen (secondary N) is 1. The van der Waals surface area contributed by atoms with Gasteiger partial charge in [0.1, 0.15) is 11.5 Å². The molecule has 0 bridgehead atoms. The molecule has 0 saturated heterocycles. The Hall–Kier alpha value is -4.03. The van der Waals surface area contributed by atoms with E-state index in [-0.39, 0.29) is 18.4 Å². The monoisotopic (exact) mass is 532 g/mol. The highest BCUT2D eigenvalue weighted by atomic mass is 16.3. The number of fused-ring (bicyclic) bond motifs is 3. The Morgan fingerprint density at radius 3 is 2.35 bits per heavy atom. The van der Waals surface area contributed by atoms with E-state index < -0.39 is 6.04 Å². The molecule has 1 aliphatic carbocycles. The van der Waals surface area contributed by atoms with Crippen molar-refractivity contribution in [3.8, 4) is 0 Å². The van der Waals surface area contributed by atoms with Crippen LogP contribution in [0.15, 0.2) is 78.9 Å². The summed E-state index contributed by atoms with van der Waals surface area (Å²) >= 11 is 0. The number of carbonyl (C=O) groups excluding carboxylic acids is 1. The molecule has 1 fully saturated rings. The Kier molecular flexibility index (Phi) is 7.35. The van der Waals surface area contributed by atoms with Crippen molar-refractivity contribution < 1.29 is 9.90 Å². The molecule has 0 radical (unpaired) electrons. The van der Waals surface area contributed by atoms with Gasteiger partial charge in [-0.1, -0.05) is 85.6 Å². The Balaban J connectivity index is 1.30. The molecule has 204 valence electrons. The molecule has 6 heteroatoms. The number of hydrogen-bond donors (Lipinski definition) is 2. The number of aliphatic hydroxyl groups excluding tert-OH is 1. The molecule has 40 heavy (non-hydrogen) atoms. The fraction of sp³-hybridized carbons (Fsp3) is 0.324. The summed E-state index contributed by atoms with van der Waals surface area (Å²) in [6.07, 6.45) is 4.41. The van der Waals surface area contributed by atoms with E-state index in [1.165, 1.54) is 5.39 Å². The van der Waals surface area contributed by atoms with Crippen molar-refractivity contribution in [2.24, 2.45) is 5.92 Å². The SMILES string of the molecule is Cc1nc(C)c2c3ccccc3n(Cc3ccc(C(C(=O)NC(CO)c4ccccc4)C4CCCC4)cc3)c2n1. The van der Waals surface area contributed by atoms with E-state index in [0.717, 1.165) is 70.4 Å². The van der Waals surface area contributed by atoms with Crippen molar-refractivity contribution in [2.75, 3.05) is 6.61 Å². The number of aryl methyl sites for hydroxylation is 2. The first-order valence-corrected chi connectivity index (χ1v) is 14.3. The molecule has 1 amide bonds. The number of para-hydroxylation sites is 1. The topological polar surface area (TPSA) is 80.0 Å². The van der Waals surface area contributed by atoms with Gasteiger partial charge in [0, 0.05) is 17.3 Å². The third kappa shape index (κ3) is 5.00. The zero-order chi connectivity index (χ0) is 27.6. The van der Waals surface area contributed by atoms with Gasteiger partial charge in [-0.3, -0.25) is 4.79 Å². The van der Waals surface area contributed by atoms with Gasteiger partial charge in [-0.15, -0.1) is 0 Å². The maximum absolute atomic E-state index is 13.7. The summed E-state index contributed by atoms with van der Waals surface area (Å²) in [6, 6.07) is 26.2. The number of amides is 1. The van der Waals surface area contributed by atoms with Crippen LogP contribution >= 0.6 is 0 Å². The predicted molar refractivity (Wildman–Crippen MR) is 159 cm³/mol. The first-order chi connectivity index (χ1) is 19.5. The second-order valence-corrected chi connectivity index (χ2v) is 11.1. The molecule has 2 atom stereocenters. The van der Waals surface area contributed by atoms with E-state index in [0.29, 0.717) is 12.5 Å². The highest BCUT2D eigenvalue weighted by Gasteiger charge is 2.33. The van der Waals surface area contributed by atoms with Crippen molar-refractivity contribution in [1.82, 2.24) is 19.9 Å². The van der Waals surface area contributed by atoms with Crippen LogP contribution in [0, 0.1) is 19.8 Å². The Bertz CT molecular complexity index is 1640.